The van der Waals surface area contributed by atoms with Gasteiger partial charge < -0.3 is 14.2 Å². The molecule has 212 valence electrons. The van der Waals surface area contributed by atoms with Gasteiger partial charge in [0, 0.05) is 23.8 Å². The Hall–Kier alpha value is -3.26. The van der Waals surface area contributed by atoms with Crippen molar-refractivity contribution in [2.24, 2.45) is 0 Å². The van der Waals surface area contributed by atoms with Gasteiger partial charge in [-0.25, -0.2) is 8.42 Å². The third kappa shape index (κ3) is 7.27. The molecule has 4 aromatic rings. The van der Waals surface area contributed by atoms with E-state index in [-0.39, 0.29) is 17.3 Å². The molecule has 1 fully saturated rings. The normalized spacial score (nSPS) is 14.2. The molecule has 5 rings (SSSR count). The van der Waals surface area contributed by atoms with Crippen LogP contribution in [0.3, 0.4) is 0 Å². The van der Waals surface area contributed by atoms with Gasteiger partial charge in [-0.3, -0.25) is 4.90 Å². The standard InChI is InChI=1S/C32H35NO5S.ClH/c1-36-28-14-18-31-25(23-28)9-17-30(24-7-15-29(16-8-24)39(2,34)35)32(31)38-27-12-10-26(11-13-27)37-22-21-33-19-5-3-4-6-20-33;/h7-18,23H,3-6,19-22H2,1-2H3;1H. The van der Waals surface area contributed by atoms with Crippen molar-refractivity contribution in [3.05, 3.63) is 78.9 Å². The van der Waals surface area contributed by atoms with Crippen molar-refractivity contribution in [3.63, 3.8) is 0 Å². The smallest absolute Gasteiger partial charge is 0.175 e. The summed E-state index contributed by atoms with van der Waals surface area (Å²) in [5.41, 5.74) is 1.73. The fourth-order valence-electron chi connectivity index (χ4n) is 5.00. The first-order valence-electron chi connectivity index (χ1n) is 13.4. The summed E-state index contributed by atoms with van der Waals surface area (Å²) in [6.45, 7) is 3.93. The number of nitrogens with zero attached hydrogens (tertiary/aromatic N) is 1. The van der Waals surface area contributed by atoms with Crippen LogP contribution >= 0.6 is 12.4 Å². The fraction of sp³-hybridized carbons (Fsp3) is 0.312. The molecule has 1 saturated heterocycles. The van der Waals surface area contributed by atoms with Crippen LogP contribution in [0.15, 0.2) is 83.8 Å². The number of hydrogen-bond donors (Lipinski definition) is 0. The van der Waals surface area contributed by atoms with Gasteiger partial charge in [0.15, 0.2) is 9.84 Å². The average Bonchev–Trinajstić information content (AvgIpc) is 3.22. The zero-order valence-electron chi connectivity index (χ0n) is 23.0. The molecule has 0 amide bonds. The van der Waals surface area contributed by atoms with E-state index in [1.807, 2.05) is 66.7 Å². The van der Waals surface area contributed by atoms with E-state index in [9.17, 15) is 8.42 Å². The van der Waals surface area contributed by atoms with Crippen LogP contribution in [0, 0.1) is 0 Å². The second-order valence-corrected chi connectivity index (χ2v) is 12.0. The lowest BCUT2D eigenvalue weighted by atomic mass is 9.99. The van der Waals surface area contributed by atoms with Crippen LogP contribution in [-0.2, 0) is 9.84 Å². The molecular weight excluding hydrogens is 546 g/mol. The van der Waals surface area contributed by atoms with Crippen LogP contribution in [0.1, 0.15) is 25.7 Å². The summed E-state index contributed by atoms with van der Waals surface area (Å²) in [5.74, 6) is 2.96. The molecule has 40 heavy (non-hydrogen) atoms. The van der Waals surface area contributed by atoms with E-state index in [0.717, 1.165) is 53.0 Å². The van der Waals surface area contributed by atoms with E-state index in [0.29, 0.717) is 18.1 Å². The second-order valence-electron chi connectivity index (χ2n) is 10.0. The van der Waals surface area contributed by atoms with Crippen molar-refractivity contribution in [2.45, 2.75) is 30.6 Å². The molecule has 8 heteroatoms. The molecule has 0 aliphatic carbocycles. The van der Waals surface area contributed by atoms with Gasteiger partial charge in [0.05, 0.1) is 12.0 Å². The van der Waals surface area contributed by atoms with Gasteiger partial charge in [0.1, 0.15) is 29.6 Å². The van der Waals surface area contributed by atoms with Gasteiger partial charge in [0.2, 0.25) is 0 Å². The monoisotopic (exact) mass is 581 g/mol. The number of fused-ring (bicyclic) bond motifs is 1. The van der Waals surface area contributed by atoms with Gasteiger partial charge in [0.25, 0.3) is 0 Å². The number of ether oxygens (including phenoxy) is 3. The highest BCUT2D eigenvalue weighted by Crippen LogP contribution is 2.41. The largest absolute Gasteiger partial charge is 0.497 e. The summed E-state index contributed by atoms with van der Waals surface area (Å²) >= 11 is 0. The Kier molecular flexibility index (Phi) is 9.95. The van der Waals surface area contributed by atoms with E-state index in [4.69, 9.17) is 14.2 Å². The minimum absolute atomic E-state index is 0. The van der Waals surface area contributed by atoms with Crippen molar-refractivity contribution >= 4 is 33.0 Å². The second kappa shape index (κ2) is 13.4. The highest BCUT2D eigenvalue weighted by atomic mass is 35.5. The summed E-state index contributed by atoms with van der Waals surface area (Å²) in [4.78, 5) is 2.77. The molecule has 0 unspecified atom stereocenters. The minimum atomic E-state index is -3.28. The molecule has 4 aromatic carbocycles. The Morgan fingerprint density at radius 3 is 2.08 bits per heavy atom. The maximum Gasteiger partial charge on any atom is 0.175 e. The number of sulfone groups is 1. The molecule has 1 heterocycles. The minimum Gasteiger partial charge on any atom is -0.497 e. The Labute approximate surface area is 243 Å². The number of benzene rings is 4. The van der Waals surface area contributed by atoms with Crippen LogP contribution in [-0.4, -0.2) is 52.9 Å². The first-order chi connectivity index (χ1) is 18.9. The first-order valence-corrected chi connectivity index (χ1v) is 15.3. The van der Waals surface area contributed by atoms with E-state index >= 15 is 0 Å². The fourth-order valence-corrected chi connectivity index (χ4v) is 5.63. The van der Waals surface area contributed by atoms with Crippen LogP contribution < -0.4 is 14.2 Å². The van der Waals surface area contributed by atoms with Gasteiger partial charge in [-0.15, -0.1) is 12.4 Å². The van der Waals surface area contributed by atoms with E-state index in [2.05, 4.69) is 4.90 Å². The number of likely N-dealkylation sites (tertiary alicyclic amines) is 1. The highest BCUT2D eigenvalue weighted by molar-refractivity contribution is 7.90. The van der Waals surface area contributed by atoms with Gasteiger partial charge in [-0.05, 0) is 97.5 Å². The summed E-state index contributed by atoms with van der Waals surface area (Å²) in [6.07, 6.45) is 6.42. The van der Waals surface area contributed by atoms with Crippen LogP contribution in [0.4, 0.5) is 0 Å². The Bertz CT molecular complexity index is 1510. The van der Waals surface area contributed by atoms with Crippen molar-refractivity contribution in [1.29, 1.82) is 0 Å². The summed E-state index contributed by atoms with van der Waals surface area (Å²) < 4.78 is 41.9. The molecule has 1 aliphatic heterocycles. The predicted molar refractivity (Wildman–Crippen MR) is 163 cm³/mol. The van der Waals surface area contributed by atoms with Crippen LogP contribution in [0.5, 0.6) is 23.0 Å². The number of methoxy groups -OCH3 is 1. The molecule has 6 nitrogen and oxygen atoms in total. The first kappa shape index (κ1) is 29.7. The molecule has 0 aromatic heterocycles. The summed E-state index contributed by atoms with van der Waals surface area (Å²) in [5, 5.41) is 1.91. The topological polar surface area (TPSA) is 65.1 Å². The van der Waals surface area contributed by atoms with Crippen molar-refractivity contribution in [2.75, 3.05) is 39.6 Å². The Balaban J connectivity index is 0.00000370. The maximum atomic E-state index is 12.0. The number of rotatable bonds is 9. The molecule has 0 N–H and O–H groups in total. The predicted octanol–water partition coefficient (Wildman–Crippen LogP) is 7.39. The van der Waals surface area contributed by atoms with Crippen LogP contribution in [0.2, 0.25) is 0 Å². The lowest BCUT2D eigenvalue weighted by Gasteiger charge is -2.19. The summed E-state index contributed by atoms with van der Waals surface area (Å²) in [7, 11) is -1.63. The average molecular weight is 582 g/mol. The van der Waals surface area contributed by atoms with Crippen LogP contribution in [0.25, 0.3) is 21.9 Å². The van der Waals surface area contributed by atoms with E-state index < -0.39 is 9.84 Å². The van der Waals surface area contributed by atoms with Gasteiger partial charge >= 0.3 is 0 Å². The molecular formula is C32H36ClNO5S. The van der Waals surface area contributed by atoms with E-state index in [1.54, 1.807) is 19.2 Å². The van der Waals surface area contributed by atoms with Crippen molar-refractivity contribution in [1.82, 2.24) is 4.90 Å². The quantitative estimate of drug-likeness (QED) is 0.205. The molecule has 1 aliphatic rings. The van der Waals surface area contributed by atoms with Gasteiger partial charge in [-0.1, -0.05) is 31.0 Å². The third-order valence-corrected chi connectivity index (χ3v) is 8.32. The third-order valence-electron chi connectivity index (χ3n) is 7.19. The SMILES string of the molecule is COc1ccc2c(Oc3ccc(OCCN4CCCCCC4)cc3)c(-c3ccc(S(C)(=O)=O)cc3)ccc2c1.Cl. The number of hydrogen-bond acceptors (Lipinski definition) is 6. The zero-order chi connectivity index (χ0) is 27.2. The molecule has 0 bridgehead atoms. The molecule has 0 radical (unpaired) electrons. The number of halogens is 1. The Morgan fingerprint density at radius 2 is 1.43 bits per heavy atom. The van der Waals surface area contributed by atoms with E-state index in [1.165, 1.54) is 31.9 Å². The summed E-state index contributed by atoms with van der Waals surface area (Å²) in [6, 6.07) is 24.5. The lowest BCUT2D eigenvalue weighted by Crippen LogP contribution is -2.29. The highest BCUT2D eigenvalue weighted by Gasteiger charge is 2.15. The zero-order valence-corrected chi connectivity index (χ0v) is 24.6. The maximum absolute atomic E-state index is 12.0. The Morgan fingerprint density at radius 1 is 0.775 bits per heavy atom. The molecule has 0 saturated carbocycles. The molecule has 0 spiro atoms. The lowest BCUT2D eigenvalue weighted by molar-refractivity contribution is 0.214. The van der Waals surface area contributed by atoms with Gasteiger partial charge in [-0.2, -0.15) is 0 Å². The molecule has 0 atom stereocenters. The van der Waals surface area contributed by atoms with Crippen molar-refractivity contribution in [3.8, 4) is 34.1 Å². The van der Waals surface area contributed by atoms with Crippen molar-refractivity contribution < 1.29 is 22.6 Å².